The molecule has 1 atom stereocenters. The average molecular weight is 343 g/mol. The van der Waals surface area contributed by atoms with Gasteiger partial charge in [0.25, 0.3) is 5.50 Å². The first-order valence-corrected chi connectivity index (χ1v) is 7.55. The molecule has 1 N–H and O–H groups in total. The van der Waals surface area contributed by atoms with E-state index < -0.39 is 43.4 Å². The van der Waals surface area contributed by atoms with Crippen LogP contribution in [0.1, 0.15) is 30.6 Å². The van der Waals surface area contributed by atoms with Crippen LogP contribution in [0.2, 0.25) is 0 Å². The number of nitrogens with zero attached hydrogens (tertiary/aromatic N) is 2. The number of halogens is 4. The maximum atomic E-state index is 14.3. The van der Waals surface area contributed by atoms with Gasteiger partial charge in [0.15, 0.2) is 5.03 Å². The van der Waals surface area contributed by atoms with Crippen LogP contribution in [0.25, 0.3) is 0 Å². The highest BCUT2D eigenvalue weighted by Gasteiger charge is 2.45. The fraction of sp³-hybridized carbons (Fsp3) is 0.545. The van der Waals surface area contributed by atoms with E-state index in [1.807, 2.05) is 5.48 Å². The number of sulfone groups is 1. The molecule has 1 aliphatic heterocycles. The second-order valence-electron chi connectivity index (χ2n) is 5.28. The Hall–Kier alpha value is -1.62. The molecule has 1 aromatic rings. The molecule has 0 bridgehead atoms. The Bertz CT molecular complexity index is 721. The molecule has 2 rings (SSSR count). The van der Waals surface area contributed by atoms with Gasteiger partial charge in [-0.1, -0.05) is 0 Å². The molecule has 22 heavy (non-hydrogen) atoms. The lowest BCUT2D eigenvalue weighted by atomic mass is 10.1. The maximum absolute atomic E-state index is 14.3. The zero-order chi connectivity index (χ0) is 16.9. The van der Waals surface area contributed by atoms with Crippen molar-refractivity contribution in [2.24, 2.45) is 7.05 Å². The first-order valence-electron chi connectivity index (χ1n) is 6.00. The molecule has 11 heteroatoms. The number of nitrogens with one attached hydrogen (secondary N) is 1. The molecule has 6 nitrogen and oxygen atoms in total. The SMILES string of the molecule is Cn1cc(C(F)(F)F)c(C(F)S(=O)(=O)C2=CC(C)(C)ON2)n1. The van der Waals surface area contributed by atoms with E-state index in [1.54, 1.807) is 0 Å². The molecule has 0 amide bonds. The second kappa shape index (κ2) is 4.95. The van der Waals surface area contributed by atoms with E-state index in [1.165, 1.54) is 13.8 Å². The normalized spacial score (nSPS) is 19.7. The quantitative estimate of drug-likeness (QED) is 0.850. The van der Waals surface area contributed by atoms with Gasteiger partial charge in [-0.25, -0.2) is 12.8 Å². The van der Waals surface area contributed by atoms with E-state index in [0.717, 1.165) is 13.1 Å². The minimum atomic E-state index is -4.92. The molecule has 0 spiro atoms. The predicted octanol–water partition coefficient (Wildman–Crippen LogP) is 1.98. The zero-order valence-corrected chi connectivity index (χ0v) is 12.6. The molecule has 0 saturated carbocycles. The van der Waals surface area contributed by atoms with Crippen molar-refractivity contribution in [2.45, 2.75) is 31.1 Å². The molecule has 1 unspecified atom stereocenters. The van der Waals surface area contributed by atoms with Crippen molar-refractivity contribution in [2.75, 3.05) is 0 Å². The van der Waals surface area contributed by atoms with Crippen LogP contribution in [0.4, 0.5) is 17.6 Å². The van der Waals surface area contributed by atoms with Gasteiger partial charge in [0.2, 0.25) is 9.84 Å². The summed E-state index contributed by atoms with van der Waals surface area (Å²) in [5.74, 6) is 0. The van der Waals surface area contributed by atoms with Crippen LogP contribution in [0, 0.1) is 0 Å². The standard InChI is InChI=1S/C11H13F4N3O3S/c1-10(2)4-7(17-21-10)22(19,20)9(12)8-6(11(13,14)15)5-18(3)16-8/h4-5,9,17H,1-3H3. The number of hydrogen-bond donors (Lipinski definition) is 1. The lowest BCUT2D eigenvalue weighted by Gasteiger charge is -2.12. The predicted molar refractivity (Wildman–Crippen MR) is 67.4 cm³/mol. The molecule has 1 aliphatic rings. The van der Waals surface area contributed by atoms with Crippen molar-refractivity contribution >= 4 is 9.84 Å². The van der Waals surface area contributed by atoms with Crippen LogP contribution in [0.3, 0.4) is 0 Å². The third kappa shape index (κ3) is 2.95. The van der Waals surface area contributed by atoms with Gasteiger partial charge in [0.1, 0.15) is 16.9 Å². The van der Waals surface area contributed by atoms with Crippen molar-refractivity contribution in [3.05, 3.63) is 28.6 Å². The highest BCUT2D eigenvalue weighted by Crippen LogP contribution is 2.39. The van der Waals surface area contributed by atoms with Crippen molar-refractivity contribution < 1.29 is 30.8 Å². The summed E-state index contributed by atoms with van der Waals surface area (Å²) in [5.41, 5.74) is -4.63. The van der Waals surface area contributed by atoms with E-state index in [2.05, 4.69) is 5.10 Å². The fourth-order valence-corrected chi connectivity index (χ4v) is 3.14. The molecule has 124 valence electrons. The smallest absolute Gasteiger partial charge is 0.275 e. The Labute approximate surface area is 123 Å². The van der Waals surface area contributed by atoms with E-state index >= 15 is 0 Å². The number of hydrogen-bond acceptors (Lipinski definition) is 5. The number of rotatable bonds is 3. The molecule has 1 aromatic heterocycles. The summed E-state index contributed by atoms with van der Waals surface area (Å²) >= 11 is 0. The summed E-state index contributed by atoms with van der Waals surface area (Å²) < 4.78 is 77.8. The molecular formula is C11H13F4N3O3S. The Morgan fingerprint density at radius 3 is 2.45 bits per heavy atom. The fourth-order valence-electron chi connectivity index (χ4n) is 1.85. The van der Waals surface area contributed by atoms with E-state index in [-0.39, 0.29) is 0 Å². The van der Waals surface area contributed by atoms with Gasteiger partial charge in [-0.15, -0.1) is 0 Å². The summed E-state index contributed by atoms with van der Waals surface area (Å²) in [4.78, 5) is 4.89. The minimum Gasteiger partial charge on any atom is -0.275 e. The van der Waals surface area contributed by atoms with Crippen LogP contribution >= 0.6 is 0 Å². The highest BCUT2D eigenvalue weighted by molar-refractivity contribution is 7.95. The van der Waals surface area contributed by atoms with Gasteiger partial charge in [-0.3, -0.25) is 15.0 Å². The molecular weight excluding hydrogens is 330 g/mol. The number of aromatic nitrogens is 2. The Morgan fingerprint density at radius 1 is 1.41 bits per heavy atom. The van der Waals surface area contributed by atoms with Crippen molar-refractivity contribution in [1.82, 2.24) is 15.3 Å². The van der Waals surface area contributed by atoms with Gasteiger partial charge in [0.05, 0.1) is 0 Å². The topological polar surface area (TPSA) is 73.2 Å². The molecule has 2 heterocycles. The Kier molecular flexibility index (Phi) is 3.77. The van der Waals surface area contributed by atoms with Crippen molar-refractivity contribution in [3.8, 4) is 0 Å². The third-order valence-corrected chi connectivity index (χ3v) is 4.43. The molecule has 0 radical (unpaired) electrons. The Balaban J connectivity index is 2.47. The van der Waals surface area contributed by atoms with Crippen LogP contribution in [-0.2, 0) is 27.9 Å². The van der Waals surface area contributed by atoms with Gasteiger partial charge in [-0.2, -0.15) is 18.3 Å². The van der Waals surface area contributed by atoms with Gasteiger partial charge in [-0.05, 0) is 19.9 Å². The van der Waals surface area contributed by atoms with Gasteiger partial charge in [0, 0.05) is 13.2 Å². The van der Waals surface area contributed by atoms with Gasteiger partial charge < -0.3 is 0 Å². The minimum absolute atomic E-state index is 0.522. The molecule has 0 aromatic carbocycles. The largest absolute Gasteiger partial charge is 0.419 e. The van der Waals surface area contributed by atoms with Crippen LogP contribution in [0.15, 0.2) is 17.3 Å². The summed E-state index contributed by atoms with van der Waals surface area (Å²) in [6.45, 7) is 3.00. The molecule has 0 aliphatic carbocycles. The first-order chi connectivity index (χ1) is 9.84. The maximum Gasteiger partial charge on any atom is 0.419 e. The lowest BCUT2D eigenvalue weighted by Crippen LogP contribution is -2.24. The van der Waals surface area contributed by atoms with Gasteiger partial charge >= 0.3 is 6.18 Å². The molecule has 0 saturated heterocycles. The number of aryl methyl sites for hydroxylation is 1. The summed E-state index contributed by atoms with van der Waals surface area (Å²) in [6, 6.07) is 0. The van der Waals surface area contributed by atoms with Crippen molar-refractivity contribution in [1.29, 1.82) is 0 Å². The Morgan fingerprint density at radius 2 is 2.00 bits per heavy atom. The average Bonchev–Trinajstić information content (AvgIpc) is 2.90. The van der Waals surface area contributed by atoms with E-state index in [9.17, 15) is 26.0 Å². The number of alkyl halides is 4. The number of hydroxylamine groups is 1. The first kappa shape index (κ1) is 16.7. The van der Waals surface area contributed by atoms with Crippen LogP contribution in [-0.4, -0.2) is 23.8 Å². The third-order valence-electron chi connectivity index (χ3n) is 2.85. The van der Waals surface area contributed by atoms with Crippen LogP contribution < -0.4 is 5.48 Å². The summed E-state index contributed by atoms with van der Waals surface area (Å²) in [5, 5.41) is 2.66. The highest BCUT2D eigenvalue weighted by atomic mass is 32.2. The lowest BCUT2D eigenvalue weighted by molar-refractivity contribution is -0.138. The summed E-state index contributed by atoms with van der Waals surface area (Å²) in [6.07, 6.45) is -3.32. The summed E-state index contributed by atoms with van der Waals surface area (Å²) in [7, 11) is -3.61. The van der Waals surface area contributed by atoms with Crippen LogP contribution in [0.5, 0.6) is 0 Å². The van der Waals surface area contributed by atoms with E-state index in [4.69, 9.17) is 4.84 Å². The van der Waals surface area contributed by atoms with E-state index in [0.29, 0.717) is 10.9 Å². The zero-order valence-electron chi connectivity index (χ0n) is 11.8. The van der Waals surface area contributed by atoms with Crippen molar-refractivity contribution in [3.63, 3.8) is 0 Å². The monoisotopic (exact) mass is 343 g/mol. The molecule has 0 fully saturated rings. The second-order valence-corrected chi connectivity index (χ2v) is 7.22.